The Morgan fingerprint density at radius 2 is 2.24 bits per heavy atom. The molecule has 21 heavy (non-hydrogen) atoms. The lowest BCUT2D eigenvalue weighted by molar-refractivity contribution is 0.477. The van der Waals surface area contributed by atoms with E-state index in [2.05, 4.69) is 9.97 Å². The summed E-state index contributed by atoms with van der Waals surface area (Å²) in [4.78, 5) is 8.11. The minimum absolute atomic E-state index is 0.114. The normalized spacial score (nSPS) is 12.1. The minimum Gasteiger partial charge on any atom is -0.430 e. The van der Waals surface area contributed by atoms with Crippen LogP contribution in [0.3, 0.4) is 0 Å². The molecule has 0 fully saturated rings. The third kappa shape index (κ3) is 2.61. The number of anilines is 1. The lowest BCUT2D eigenvalue weighted by Gasteiger charge is -2.00. The lowest BCUT2D eigenvalue weighted by atomic mass is 10.2. The van der Waals surface area contributed by atoms with Crippen molar-refractivity contribution in [3.05, 3.63) is 47.8 Å². The van der Waals surface area contributed by atoms with Gasteiger partial charge in [-0.1, -0.05) is 6.07 Å². The summed E-state index contributed by atoms with van der Waals surface area (Å²) < 4.78 is 17.8. The smallest absolute Gasteiger partial charge is 0.288 e. The van der Waals surface area contributed by atoms with E-state index in [9.17, 15) is 4.21 Å². The molecule has 0 aliphatic rings. The van der Waals surface area contributed by atoms with Gasteiger partial charge in [0, 0.05) is 17.4 Å². The minimum atomic E-state index is -1.50. The molecule has 0 bridgehead atoms. The fourth-order valence-corrected chi connectivity index (χ4v) is 2.90. The van der Waals surface area contributed by atoms with Crippen LogP contribution in [-0.4, -0.2) is 14.2 Å². The van der Waals surface area contributed by atoms with E-state index in [1.54, 1.807) is 30.3 Å². The number of nitriles is 1. The van der Waals surface area contributed by atoms with Gasteiger partial charge in [-0.15, -0.1) is 0 Å². The molecule has 7 heteroatoms. The molecular weight excluding hydrogens is 288 g/mol. The fourth-order valence-electron chi connectivity index (χ4n) is 1.88. The van der Waals surface area contributed by atoms with Crippen LogP contribution in [0.15, 0.2) is 46.2 Å². The van der Waals surface area contributed by atoms with Crippen LogP contribution in [0.2, 0.25) is 0 Å². The van der Waals surface area contributed by atoms with Crippen molar-refractivity contribution >= 4 is 27.6 Å². The first-order chi connectivity index (χ1) is 10.2. The maximum atomic E-state index is 12.3. The summed E-state index contributed by atoms with van der Waals surface area (Å²) in [5.41, 5.74) is 8.17. The van der Waals surface area contributed by atoms with Gasteiger partial charge in [-0.25, -0.2) is 14.2 Å². The second-order valence-electron chi connectivity index (χ2n) is 4.32. The van der Waals surface area contributed by atoms with Crippen LogP contribution in [0, 0.1) is 11.3 Å². The number of aromatic nitrogens is 2. The zero-order valence-electron chi connectivity index (χ0n) is 10.8. The van der Waals surface area contributed by atoms with Crippen molar-refractivity contribution in [1.29, 1.82) is 5.26 Å². The molecule has 2 N–H and O–H groups in total. The molecule has 1 atom stereocenters. The largest absolute Gasteiger partial charge is 0.430 e. The van der Waals surface area contributed by atoms with Gasteiger partial charge in [0.1, 0.15) is 28.1 Å². The van der Waals surface area contributed by atoms with Gasteiger partial charge < -0.3 is 10.2 Å². The summed E-state index contributed by atoms with van der Waals surface area (Å²) in [5, 5.41) is 9.10. The highest BCUT2D eigenvalue weighted by Gasteiger charge is 2.15. The standard InChI is InChI=1S/C14H10N4O2S/c15-7-12-9(2-1-5-17-12)8-21(19)14-18-11-6-10(16)3-4-13(11)20-14/h1-6H,8,16H2. The van der Waals surface area contributed by atoms with Crippen molar-refractivity contribution in [2.75, 3.05) is 5.73 Å². The van der Waals surface area contributed by atoms with Gasteiger partial charge in [0.05, 0.1) is 5.75 Å². The number of hydrogen-bond donors (Lipinski definition) is 1. The molecule has 1 unspecified atom stereocenters. The molecule has 2 aromatic heterocycles. The summed E-state index contributed by atoms with van der Waals surface area (Å²) >= 11 is 0. The Labute approximate surface area is 122 Å². The van der Waals surface area contributed by atoms with Gasteiger partial charge >= 0.3 is 0 Å². The van der Waals surface area contributed by atoms with Crippen LogP contribution < -0.4 is 5.73 Å². The third-order valence-corrected chi connectivity index (χ3v) is 4.01. The van der Waals surface area contributed by atoms with Gasteiger partial charge in [0.2, 0.25) is 0 Å². The van der Waals surface area contributed by atoms with Gasteiger partial charge in [0.15, 0.2) is 5.58 Å². The molecule has 1 aromatic carbocycles. The molecule has 0 aliphatic heterocycles. The van der Waals surface area contributed by atoms with E-state index in [4.69, 9.17) is 15.4 Å². The SMILES string of the molecule is N#Cc1ncccc1CS(=O)c1nc2cc(N)ccc2o1. The summed E-state index contributed by atoms with van der Waals surface area (Å²) in [6.07, 6.45) is 1.52. The van der Waals surface area contributed by atoms with Crippen LogP contribution in [0.1, 0.15) is 11.3 Å². The van der Waals surface area contributed by atoms with E-state index in [1.807, 2.05) is 6.07 Å². The van der Waals surface area contributed by atoms with E-state index >= 15 is 0 Å². The third-order valence-electron chi connectivity index (χ3n) is 2.87. The molecule has 2 heterocycles. The Morgan fingerprint density at radius 1 is 1.38 bits per heavy atom. The molecular formula is C14H10N4O2S. The summed E-state index contributed by atoms with van der Waals surface area (Å²) in [5.74, 6) is 0.124. The number of rotatable bonds is 3. The predicted octanol–water partition coefficient (Wildman–Crippen LogP) is 1.98. The van der Waals surface area contributed by atoms with Crippen molar-refractivity contribution in [2.45, 2.75) is 11.0 Å². The highest BCUT2D eigenvalue weighted by atomic mass is 32.2. The number of pyridine rings is 1. The lowest BCUT2D eigenvalue weighted by Crippen LogP contribution is -2.00. The topological polar surface area (TPSA) is 106 Å². The molecule has 0 saturated heterocycles. The van der Waals surface area contributed by atoms with Crippen LogP contribution in [-0.2, 0) is 16.6 Å². The van der Waals surface area contributed by atoms with Crippen LogP contribution in [0.25, 0.3) is 11.1 Å². The van der Waals surface area contributed by atoms with E-state index in [0.717, 1.165) is 0 Å². The van der Waals surface area contributed by atoms with Crippen molar-refractivity contribution in [2.24, 2.45) is 0 Å². The number of nitrogens with two attached hydrogens (primary N) is 1. The molecule has 3 aromatic rings. The Kier molecular flexibility index (Phi) is 3.38. The number of nitrogen functional groups attached to an aromatic ring is 1. The van der Waals surface area contributed by atoms with Gasteiger partial charge in [0.25, 0.3) is 5.22 Å². The number of hydrogen-bond acceptors (Lipinski definition) is 6. The van der Waals surface area contributed by atoms with Crippen LogP contribution >= 0.6 is 0 Å². The van der Waals surface area contributed by atoms with Crippen molar-refractivity contribution < 1.29 is 8.63 Å². The average Bonchev–Trinajstić information content (AvgIpc) is 2.91. The van der Waals surface area contributed by atoms with Gasteiger partial charge in [-0.05, 0) is 24.3 Å². The van der Waals surface area contributed by atoms with E-state index in [-0.39, 0.29) is 16.7 Å². The molecule has 3 rings (SSSR count). The van der Waals surface area contributed by atoms with Gasteiger partial charge in [-0.2, -0.15) is 5.26 Å². The molecule has 0 aliphatic carbocycles. The van der Waals surface area contributed by atoms with E-state index in [1.165, 1.54) is 6.20 Å². The Balaban J connectivity index is 1.92. The molecule has 0 amide bonds. The Morgan fingerprint density at radius 3 is 3.05 bits per heavy atom. The number of fused-ring (bicyclic) bond motifs is 1. The maximum Gasteiger partial charge on any atom is 0.288 e. The Hall–Kier alpha value is -2.72. The first-order valence-corrected chi connectivity index (χ1v) is 7.37. The first kappa shape index (κ1) is 13.3. The van der Waals surface area contributed by atoms with E-state index in [0.29, 0.717) is 22.4 Å². The molecule has 6 nitrogen and oxygen atoms in total. The summed E-state index contributed by atoms with van der Waals surface area (Å²) in [6, 6.07) is 10.4. The number of nitrogens with zero attached hydrogens (tertiary/aromatic N) is 3. The van der Waals surface area contributed by atoms with Crippen molar-refractivity contribution in [3.8, 4) is 6.07 Å². The highest BCUT2D eigenvalue weighted by Crippen LogP contribution is 2.21. The fraction of sp³-hybridized carbons (Fsp3) is 0.0714. The first-order valence-electron chi connectivity index (χ1n) is 6.06. The second kappa shape index (κ2) is 5.34. The monoisotopic (exact) mass is 298 g/mol. The summed E-state index contributed by atoms with van der Waals surface area (Å²) in [7, 11) is -1.50. The second-order valence-corrected chi connectivity index (χ2v) is 5.65. The zero-order valence-corrected chi connectivity index (χ0v) is 11.6. The molecule has 0 saturated carbocycles. The quantitative estimate of drug-likeness (QED) is 0.741. The Bertz CT molecular complexity index is 882. The molecule has 0 spiro atoms. The van der Waals surface area contributed by atoms with Crippen molar-refractivity contribution in [1.82, 2.24) is 9.97 Å². The maximum absolute atomic E-state index is 12.3. The van der Waals surface area contributed by atoms with Crippen LogP contribution in [0.4, 0.5) is 5.69 Å². The summed E-state index contributed by atoms with van der Waals surface area (Å²) in [6.45, 7) is 0. The number of oxazole rings is 1. The van der Waals surface area contributed by atoms with Crippen molar-refractivity contribution in [3.63, 3.8) is 0 Å². The van der Waals surface area contributed by atoms with E-state index < -0.39 is 10.8 Å². The predicted molar refractivity (Wildman–Crippen MR) is 77.5 cm³/mol. The zero-order chi connectivity index (χ0) is 14.8. The number of benzene rings is 1. The average molecular weight is 298 g/mol. The van der Waals surface area contributed by atoms with Crippen LogP contribution in [0.5, 0.6) is 0 Å². The molecule has 104 valence electrons. The molecule has 0 radical (unpaired) electrons. The van der Waals surface area contributed by atoms with Gasteiger partial charge in [-0.3, -0.25) is 0 Å². The highest BCUT2D eigenvalue weighted by molar-refractivity contribution is 7.84.